The fourth-order valence-corrected chi connectivity index (χ4v) is 5.73. The Morgan fingerprint density at radius 1 is 1.15 bits per heavy atom. The summed E-state index contributed by atoms with van der Waals surface area (Å²) < 4.78 is 32.9. The fourth-order valence-electron chi connectivity index (χ4n) is 4.05. The van der Waals surface area contributed by atoms with Crippen LogP contribution in [0.4, 0.5) is 0 Å². The van der Waals surface area contributed by atoms with Gasteiger partial charge in [-0.3, -0.25) is 4.79 Å². The summed E-state index contributed by atoms with van der Waals surface area (Å²) >= 11 is 0. The molecular weight excluding hydrogens is 364 g/mol. The Morgan fingerprint density at radius 2 is 1.89 bits per heavy atom. The van der Waals surface area contributed by atoms with Gasteiger partial charge in [0.05, 0.1) is 17.6 Å². The third kappa shape index (κ3) is 4.89. The molecule has 1 heterocycles. The van der Waals surface area contributed by atoms with Crippen molar-refractivity contribution in [1.82, 2.24) is 9.62 Å². The highest BCUT2D eigenvalue weighted by molar-refractivity contribution is 7.89. The maximum atomic E-state index is 12.8. The first-order valence-electron chi connectivity index (χ1n) is 9.96. The molecule has 2 aliphatic rings. The number of nitrogens with zero attached hydrogens (tertiary/aromatic N) is 1. The van der Waals surface area contributed by atoms with Crippen LogP contribution in [0.15, 0.2) is 35.2 Å². The third-order valence-electron chi connectivity index (χ3n) is 5.62. The predicted octanol–water partition coefficient (Wildman–Crippen LogP) is 2.55. The molecule has 0 bridgehead atoms. The highest BCUT2D eigenvalue weighted by Crippen LogP contribution is 2.27. The number of benzene rings is 1. The lowest BCUT2D eigenvalue weighted by Gasteiger charge is -2.29. The van der Waals surface area contributed by atoms with Crippen molar-refractivity contribution >= 4 is 15.9 Å². The molecule has 7 heteroatoms. The summed E-state index contributed by atoms with van der Waals surface area (Å²) in [5.41, 5.74) is 0. The molecule has 1 aliphatic carbocycles. The number of sulfonamides is 1. The number of hydrogen-bond donors (Lipinski definition) is 1. The molecule has 2 fully saturated rings. The molecule has 1 aromatic rings. The van der Waals surface area contributed by atoms with Crippen LogP contribution < -0.4 is 5.32 Å². The zero-order chi connectivity index (χ0) is 19.3. The Hall–Kier alpha value is -1.44. The van der Waals surface area contributed by atoms with Crippen molar-refractivity contribution in [1.29, 1.82) is 0 Å². The second-order valence-corrected chi connectivity index (χ2v) is 9.44. The van der Waals surface area contributed by atoms with Gasteiger partial charge in [-0.1, -0.05) is 38.0 Å². The topological polar surface area (TPSA) is 75.7 Å². The van der Waals surface area contributed by atoms with Crippen LogP contribution in [0.1, 0.15) is 45.4 Å². The van der Waals surface area contributed by atoms with Crippen LogP contribution in [-0.4, -0.2) is 50.5 Å². The molecule has 150 valence electrons. The maximum Gasteiger partial charge on any atom is 0.243 e. The van der Waals surface area contributed by atoms with E-state index in [2.05, 4.69) is 12.2 Å². The average molecular weight is 395 g/mol. The molecule has 1 aliphatic heterocycles. The Bertz CT molecular complexity index is 723. The Labute approximate surface area is 162 Å². The van der Waals surface area contributed by atoms with Gasteiger partial charge in [-0.25, -0.2) is 8.42 Å². The Balaban J connectivity index is 1.51. The second kappa shape index (κ2) is 9.17. The quantitative estimate of drug-likeness (QED) is 0.721. The van der Waals surface area contributed by atoms with E-state index in [-0.39, 0.29) is 16.9 Å². The zero-order valence-electron chi connectivity index (χ0n) is 16.0. The number of hydrogen-bond acceptors (Lipinski definition) is 4. The maximum absolute atomic E-state index is 12.8. The van der Waals surface area contributed by atoms with E-state index in [1.54, 1.807) is 30.3 Å². The Kier molecular flexibility index (Phi) is 6.89. The summed E-state index contributed by atoms with van der Waals surface area (Å²) in [6, 6.07) is 7.68. The lowest BCUT2D eigenvalue weighted by molar-refractivity contribution is -0.124. The first-order chi connectivity index (χ1) is 13.0. The van der Waals surface area contributed by atoms with Gasteiger partial charge in [0.2, 0.25) is 15.9 Å². The lowest BCUT2D eigenvalue weighted by Crippen LogP contribution is -2.46. The highest BCUT2D eigenvalue weighted by Gasteiger charge is 2.39. The smallest absolute Gasteiger partial charge is 0.243 e. The molecule has 0 radical (unpaired) electrons. The zero-order valence-corrected chi connectivity index (χ0v) is 16.8. The summed E-state index contributed by atoms with van der Waals surface area (Å²) in [6.07, 6.45) is 6.28. The van der Waals surface area contributed by atoms with Gasteiger partial charge >= 0.3 is 0 Å². The van der Waals surface area contributed by atoms with Crippen molar-refractivity contribution in [3.8, 4) is 0 Å². The largest absolute Gasteiger partial charge is 0.376 e. The molecule has 1 saturated heterocycles. The van der Waals surface area contributed by atoms with E-state index in [4.69, 9.17) is 4.74 Å². The van der Waals surface area contributed by atoms with Gasteiger partial charge in [0, 0.05) is 13.1 Å². The average Bonchev–Trinajstić information content (AvgIpc) is 3.18. The van der Waals surface area contributed by atoms with E-state index in [1.165, 1.54) is 23.6 Å². The van der Waals surface area contributed by atoms with E-state index in [0.29, 0.717) is 38.5 Å². The molecule has 0 unspecified atom stereocenters. The van der Waals surface area contributed by atoms with Gasteiger partial charge in [0.15, 0.2) is 0 Å². The second-order valence-electron chi connectivity index (χ2n) is 7.55. The first-order valence-corrected chi connectivity index (χ1v) is 11.4. The number of amides is 1. The van der Waals surface area contributed by atoms with Gasteiger partial charge < -0.3 is 10.1 Å². The van der Waals surface area contributed by atoms with Crippen molar-refractivity contribution in [2.24, 2.45) is 5.92 Å². The van der Waals surface area contributed by atoms with Crippen molar-refractivity contribution in [2.45, 2.75) is 62.5 Å². The monoisotopic (exact) mass is 394 g/mol. The van der Waals surface area contributed by atoms with Crippen molar-refractivity contribution < 1.29 is 17.9 Å². The minimum absolute atomic E-state index is 0.229. The van der Waals surface area contributed by atoms with Crippen LogP contribution in [0.2, 0.25) is 0 Å². The molecule has 0 aromatic heterocycles. The normalized spacial score (nSPS) is 26.8. The predicted molar refractivity (Wildman–Crippen MR) is 104 cm³/mol. The van der Waals surface area contributed by atoms with Crippen LogP contribution in [0.25, 0.3) is 0 Å². The summed E-state index contributed by atoms with van der Waals surface area (Å²) in [7, 11) is -3.65. The minimum Gasteiger partial charge on any atom is -0.376 e. The molecule has 3 rings (SSSR count). The lowest BCUT2D eigenvalue weighted by atomic mass is 9.88. The summed E-state index contributed by atoms with van der Waals surface area (Å²) in [5, 5.41) is 2.86. The van der Waals surface area contributed by atoms with E-state index < -0.39 is 16.1 Å². The standard InChI is InChI=1S/C20H30N2O4S/c1-16-8-5-6-12-19(16)26-15-13-21-20(23)18-11-7-14-22(18)27(24,25)17-9-3-2-4-10-17/h2-4,9-10,16,18-19H,5-8,11-15H2,1H3,(H,21,23)/t16-,18-,19-/m1/s1. The number of ether oxygens (including phenoxy) is 1. The third-order valence-corrected chi connectivity index (χ3v) is 7.54. The van der Waals surface area contributed by atoms with Crippen molar-refractivity contribution in [3.05, 3.63) is 30.3 Å². The summed E-state index contributed by atoms with van der Waals surface area (Å²) in [6.45, 7) is 3.48. The van der Waals surface area contributed by atoms with Crippen LogP contribution in [-0.2, 0) is 19.6 Å². The summed E-state index contributed by atoms with van der Waals surface area (Å²) in [5.74, 6) is 0.336. The molecule has 27 heavy (non-hydrogen) atoms. The van der Waals surface area contributed by atoms with Gasteiger partial charge in [0.1, 0.15) is 6.04 Å². The fraction of sp³-hybridized carbons (Fsp3) is 0.650. The molecule has 1 aromatic carbocycles. The van der Waals surface area contributed by atoms with E-state index >= 15 is 0 Å². The number of carbonyl (C=O) groups excluding carboxylic acids is 1. The molecule has 1 saturated carbocycles. The van der Waals surface area contributed by atoms with Gasteiger partial charge in [-0.05, 0) is 43.7 Å². The SMILES string of the molecule is C[C@@H]1CCCC[C@H]1OCCNC(=O)[C@H]1CCCN1S(=O)(=O)c1ccccc1. The molecule has 6 nitrogen and oxygen atoms in total. The van der Waals surface area contributed by atoms with Gasteiger partial charge in [-0.2, -0.15) is 4.31 Å². The van der Waals surface area contributed by atoms with Crippen LogP contribution >= 0.6 is 0 Å². The van der Waals surface area contributed by atoms with E-state index in [0.717, 1.165) is 6.42 Å². The molecular formula is C20H30N2O4S. The minimum atomic E-state index is -3.65. The van der Waals surface area contributed by atoms with Gasteiger partial charge in [0.25, 0.3) is 0 Å². The molecule has 1 amide bonds. The molecule has 3 atom stereocenters. The summed E-state index contributed by atoms with van der Waals surface area (Å²) in [4.78, 5) is 12.8. The van der Waals surface area contributed by atoms with E-state index in [1.807, 2.05) is 0 Å². The number of rotatable bonds is 7. The number of nitrogens with one attached hydrogen (secondary N) is 1. The van der Waals surface area contributed by atoms with Crippen LogP contribution in [0.5, 0.6) is 0 Å². The Morgan fingerprint density at radius 3 is 2.63 bits per heavy atom. The highest BCUT2D eigenvalue weighted by atomic mass is 32.2. The van der Waals surface area contributed by atoms with Crippen molar-refractivity contribution in [2.75, 3.05) is 19.7 Å². The first kappa shape index (κ1) is 20.3. The van der Waals surface area contributed by atoms with E-state index in [9.17, 15) is 13.2 Å². The molecule has 1 N–H and O–H groups in total. The molecule has 0 spiro atoms. The van der Waals surface area contributed by atoms with Crippen molar-refractivity contribution in [3.63, 3.8) is 0 Å². The van der Waals surface area contributed by atoms with Crippen LogP contribution in [0, 0.1) is 5.92 Å². The number of carbonyl (C=O) groups is 1. The van der Waals surface area contributed by atoms with Crippen LogP contribution in [0.3, 0.4) is 0 Å². The van der Waals surface area contributed by atoms with Gasteiger partial charge in [-0.15, -0.1) is 0 Å².